The van der Waals surface area contributed by atoms with Gasteiger partial charge < -0.3 is 29.2 Å². The average molecular weight is 643 g/mol. The molecule has 1 aromatic heterocycles. The lowest BCUT2D eigenvalue weighted by molar-refractivity contribution is -0.138. The zero-order chi connectivity index (χ0) is 29.4. The third-order valence-electron chi connectivity index (χ3n) is 6.07. The normalized spacial score (nSPS) is 15.2. The van der Waals surface area contributed by atoms with E-state index in [1.807, 2.05) is 35.9 Å². The van der Waals surface area contributed by atoms with E-state index in [0.29, 0.717) is 41.1 Å². The van der Waals surface area contributed by atoms with Crippen LogP contribution in [0.2, 0.25) is 0 Å². The summed E-state index contributed by atoms with van der Waals surface area (Å²) >= 11 is 4.71. The van der Waals surface area contributed by atoms with Crippen LogP contribution in [0, 0.1) is 0 Å². The Hall–Kier alpha value is -3.54. The molecule has 41 heavy (non-hydrogen) atoms. The number of hydrogen-bond donors (Lipinski definition) is 2. The summed E-state index contributed by atoms with van der Waals surface area (Å²) in [4.78, 5) is 30.6. The summed E-state index contributed by atoms with van der Waals surface area (Å²) in [6, 6.07) is 13.0. The van der Waals surface area contributed by atoms with Gasteiger partial charge in [-0.3, -0.25) is 4.79 Å². The molecule has 0 unspecified atom stereocenters. The molecule has 0 saturated carbocycles. The number of aromatic nitrogens is 1. The molecule has 0 bridgehead atoms. The first-order valence-corrected chi connectivity index (χ1v) is 14.8. The lowest BCUT2D eigenvalue weighted by atomic mass is 10.1. The maximum Gasteiger partial charge on any atom is 0.344 e. The number of aliphatic imine (C=N–C) groups is 1. The smallest absolute Gasteiger partial charge is 0.344 e. The van der Waals surface area contributed by atoms with E-state index in [1.54, 1.807) is 44.4 Å². The van der Waals surface area contributed by atoms with Gasteiger partial charge in [0, 0.05) is 47.4 Å². The van der Waals surface area contributed by atoms with Crippen molar-refractivity contribution in [1.29, 1.82) is 0 Å². The van der Waals surface area contributed by atoms with Gasteiger partial charge in [-0.1, -0.05) is 27.7 Å². The Labute approximate surface area is 251 Å². The summed E-state index contributed by atoms with van der Waals surface area (Å²) in [6.07, 6.45) is 4.38. The second kappa shape index (κ2) is 14.4. The van der Waals surface area contributed by atoms with E-state index < -0.39 is 5.97 Å². The molecule has 4 rings (SSSR count). The number of aliphatic hydroxyl groups is 1. The van der Waals surface area contributed by atoms with Crippen molar-refractivity contribution in [1.82, 2.24) is 9.88 Å². The predicted molar refractivity (Wildman–Crippen MR) is 166 cm³/mol. The second-order valence-electron chi connectivity index (χ2n) is 8.97. The predicted octanol–water partition coefficient (Wildman–Crippen LogP) is 6.15. The van der Waals surface area contributed by atoms with E-state index in [4.69, 9.17) is 14.2 Å². The summed E-state index contributed by atoms with van der Waals surface area (Å²) in [6.45, 7) is 5.55. The van der Waals surface area contributed by atoms with E-state index in [9.17, 15) is 14.7 Å². The van der Waals surface area contributed by atoms with Crippen molar-refractivity contribution in [3.05, 3.63) is 74.9 Å². The van der Waals surface area contributed by atoms with Crippen LogP contribution in [0.4, 0.5) is 5.69 Å². The van der Waals surface area contributed by atoms with E-state index in [1.165, 1.54) is 11.8 Å². The number of thioether (sulfide) groups is 1. The Bertz CT molecular complexity index is 1510. The second-order valence-corrected chi connectivity index (χ2v) is 10.9. The number of halogens is 1. The Balaban J connectivity index is 1.69. The molecule has 3 aromatic rings. The summed E-state index contributed by atoms with van der Waals surface area (Å²) in [5.74, 6) is -0.260. The lowest BCUT2D eigenvalue weighted by Crippen LogP contribution is -2.28. The lowest BCUT2D eigenvalue weighted by Gasteiger charge is -2.07. The first-order valence-electron chi connectivity index (χ1n) is 13.2. The van der Waals surface area contributed by atoms with Crippen molar-refractivity contribution in [3.8, 4) is 5.75 Å². The monoisotopic (exact) mass is 641 g/mol. The van der Waals surface area contributed by atoms with Crippen LogP contribution in [0.3, 0.4) is 0 Å². The SMILES string of the molecule is CCOC(=O)C1=C(O)/C(=C/c2cn(CC(=O)NCCCOC)c3ccc(Br)cc23)SC1=Nc1ccc(OCC)cc1. The van der Waals surface area contributed by atoms with Gasteiger partial charge >= 0.3 is 5.97 Å². The minimum Gasteiger partial charge on any atom is -0.506 e. The number of ether oxygens (including phenoxy) is 3. The summed E-state index contributed by atoms with van der Waals surface area (Å²) in [5.41, 5.74) is 2.24. The number of nitrogens with zero attached hydrogens (tertiary/aromatic N) is 2. The Kier molecular flexibility index (Phi) is 10.7. The highest BCUT2D eigenvalue weighted by molar-refractivity contribution is 9.10. The van der Waals surface area contributed by atoms with Crippen molar-refractivity contribution in [2.24, 2.45) is 4.99 Å². The molecule has 2 N–H and O–H groups in total. The maximum atomic E-state index is 12.9. The fourth-order valence-corrected chi connectivity index (χ4v) is 5.62. The molecule has 0 aliphatic carbocycles. The molecule has 2 aromatic carbocycles. The Morgan fingerprint density at radius 3 is 2.63 bits per heavy atom. The number of fused-ring (bicyclic) bond motifs is 1. The Morgan fingerprint density at radius 1 is 1.15 bits per heavy atom. The van der Waals surface area contributed by atoms with Crippen LogP contribution < -0.4 is 10.1 Å². The molecule has 0 fully saturated rings. The van der Waals surface area contributed by atoms with Gasteiger partial charge in [-0.2, -0.15) is 0 Å². The van der Waals surface area contributed by atoms with Gasteiger partial charge in [0.25, 0.3) is 0 Å². The van der Waals surface area contributed by atoms with E-state index in [-0.39, 0.29) is 30.4 Å². The third-order valence-corrected chi connectivity index (χ3v) is 7.58. The molecule has 11 heteroatoms. The number of benzene rings is 2. The topological polar surface area (TPSA) is 111 Å². The van der Waals surface area contributed by atoms with Gasteiger partial charge in [-0.25, -0.2) is 9.79 Å². The van der Waals surface area contributed by atoms with Gasteiger partial charge in [0.15, 0.2) is 0 Å². The quantitative estimate of drug-likeness (QED) is 0.180. The minimum absolute atomic E-state index is 0.0114. The van der Waals surface area contributed by atoms with Crippen LogP contribution in [-0.4, -0.2) is 60.1 Å². The first-order chi connectivity index (χ1) is 19.8. The average Bonchev–Trinajstić information content (AvgIpc) is 3.43. The molecular formula is C30H32BrN3O6S. The molecule has 2 heterocycles. The standard InChI is InChI=1S/C30H32BrN3O6S/c1-4-39-22-10-8-21(9-11-22)33-29-27(30(37)40-5-2)28(36)25(41-29)15-19-17-34(18-26(35)32-13-6-14-38-3)24-12-7-20(31)16-23(19)24/h7-12,15-17,36H,4-6,13-14,18H2,1-3H3,(H,32,35)/b25-15-,33-29?. The number of rotatable bonds is 12. The fourth-order valence-electron chi connectivity index (χ4n) is 4.23. The highest BCUT2D eigenvalue weighted by Gasteiger charge is 2.33. The number of methoxy groups -OCH3 is 1. The zero-order valence-corrected chi connectivity index (χ0v) is 25.5. The van der Waals surface area contributed by atoms with Gasteiger partial charge in [0.1, 0.15) is 28.7 Å². The van der Waals surface area contributed by atoms with Crippen molar-refractivity contribution < 1.29 is 28.9 Å². The molecule has 0 saturated heterocycles. The summed E-state index contributed by atoms with van der Waals surface area (Å²) in [5, 5.41) is 15.3. The number of nitrogens with one attached hydrogen (secondary N) is 1. The summed E-state index contributed by atoms with van der Waals surface area (Å²) < 4.78 is 18.5. The van der Waals surface area contributed by atoms with Crippen molar-refractivity contribution in [2.45, 2.75) is 26.8 Å². The van der Waals surface area contributed by atoms with Crippen molar-refractivity contribution in [2.75, 3.05) is 33.5 Å². The number of carbonyl (C=O) groups is 2. The maximum absolute atomic E-state index is 12.9. The van der Waals surface area contributed by atoms with Crippen molar-refractivity contribution >= 4 is 67.3 Å². The molecule has 0 atom stereocenters. The number of carbonyl (C=O) groups excluding carboxylic acids is 2. The number of hydrogen-bond acceptors (Lipinski definition) is 8. The fraction of sp³-hybridized carbons (Fsp3) is 0.300. The van der Waals surface area contributed by atoms with Crippen LogP contribution in [-0.2, 0) is 25.6 Å². The van der Waals surface area contributed by atoms with Crippen LogP contribution >= 0.6 is 27.7 Å². The van der Waals surface area contributed by atoms with Gasteiger partial charge in [0.2, 0.25) is 5.91 Å². The highest BCUT2D eigenvalue weighted by Crippen LogP contribution is 2.41. The van der Waals surface area contributed by atoms with Gasteiger partial charge in [-0.05, 0) is 68.8 Å². The van der Waals surface area contributed by atoms with E-state index in [0.717, 1.165) is 27.4 Å². The third kappa shape index (κ3) is 7.60. The van der Waals surface area contributed by atoms with Gasteiger partial charge in [0.05, 0.1) is 23.8 Å². The molecular weight excluding hydrogens is 610 g/mol. The first kappa shape index (κ1) is 30.4. The molecule has 0 radical (unpaired) electrons. The number of aliphatic hydroxyl groups excluding tert-OH is 1. The molecule has 9 nitrogen and oxygen atoms in total. The van der Waals surface area contributed by atoms with Crippen molar-refractivity contribution in [3.63, 3.8) is 0 Å². The van der Waals surface area contributed by atoms with E-state index >= 15 is 0 Å². The summed E-state index contributed by atoms with van der Waals surface area (Å²) in [7, 11) is 1.63. The van der Waals surface area contributed by atoms with Crippen LogP contribution in [0.25, 0.3) is 17.0 Å². The molecule has 1 aliphatic rings. The molecule has 0 spiro atoms. The molecule has 216 valence electrons. The Morgan fingerprint density at radius 2 is 1.93 bits per heavy atom. The molecule has 1 aliphatic heterocycles. The molecule has 1 amide bonds. The number of esters is 1. The minimum atomic E-state index is -0.652. The van der Waals surface area contributed by atoms with E-state index in [2.05, 4.69) is 26.2 Å². The van der Waals surface area contributed by atoms with Crippen LogP contribution in [0.1, 0.15) is 25.8 Å². The number of amides is 1. The highest BCUT2D eigenvalue weighted by atomic mass is 79.9. The zero-order valence-electron chi connectivity index (χ0n) is 23.1. The van der Waals surface area contributed by atoms with Crippen LogP contribution in [0.5, 0.6) is 5.75 Å². The van der Waals surface area contributed by atoms with Crippen LogP contribution in [0.15, 0.2) is 74.4 Å². The van der Waals surface area contributed by atoms with Gasteiger partial charge in [-0.15, -0.1) is 0 Å². The largest absolute Gasteiger partial charge is 0.506 e.